The molecule has 0 amide bonds. The number of esters is 1. The van der Waals surface area contributed by atoms with E-state index in [9.17, 15) is 9.18 Å². The number of halogens is 1. The molecule has 0 atom stereocenters. The Kier molecular flexibility index (Phi) is 3.43. The predicted molar refractivity (Wildman–Crippen MR) is 75.0 cm³/mol. The van der Waals surface area contributed by atoms with Crippen LogP contribution in [0.25, 0.3) is 11.1 Å². The number of benzene rings is 1. The van der Waals surface area contributed by atoms with Gasteiger partial charge in [0, 0.05) is 29.9 Å². The van der Waals surface area contributed by atoms with Gasteiger partial charge >= 0.3 is 5.97 Å². The Balaban J connectivity index is 1.98. The lowest BCUT2D eigenvalue weighted by Gasteiger charge is -2.20. The summed E-state index contributed by atoms with van der Waals surface area (Å²) in [4.78, 5) is 15.3. The molecule has 6 heteroatoms. The second-order valence-electron chi connectivity index (χ2n) is 4.53. The second kappa shape index (κ2) is 5.40. The van der Waals surface area contributed by atoms with Gasteiger partial charge in [-0.15, -0.1) is 0 Å². The molecule has 2 aromatic rings. The van der Waals surface area contributed by atoms with Crippen molar-refractivity contribution in [1.29, 1.82) is 0 Å². The molecule has 0 spiro atoms. The van der Waals surface area contributed by atoms with Crippen LogP contribution in [0.1, 0.15) is 10.5 Å². The number of anilines is 1. The Morgan fingerprint density at radius 3 is 3.00 bits per heavy atom. The van der Waals surface area contributed by atoms with Gasteiger partial charge in [-0.05, 0) is 12.1 Å². The van der Waals surface area contributed by atoms with E-state index in [0.29, 0.717) is 35.7 Å². The van der Waals surface area contributed by atoms with Crippen LogP contribution in [0.15, 0.2) is 30.5 Å². The molecule has 5 nitrogen and oxygen atoms in total. The average molecular weight is 288 g/mol. The van der Waals surface area contributed by atoms with E-state index < -0.39 is 5.97 Å². The lowest BCUT2D eigenvalue weighted by molar-refractivity contribution is 0.0594. The van der Waals surface area contributed by atoms with E-state index in [1.807, 2.05) is 0 Å². The third-order valence-corrected chi connectivity index (χ3v) is 3.21. The SMILES string of the molecule is COC(=O)c1ccc(-c2cc3c(cc2F)NCCO3)cn1. The molecule has 0 fully saturated rings. The third kappa shape index (κ3) is 2.52. The van der Waals surface area contributed by atoms with Gasteiger partial charge in [-0.1, -0.05) is 6.07 Å². The summed E-state index contributed by atoms with van der Waals surface area (Å²) in [6, 6.07) is 6.16. The summed E-state index contributed by atoms with van der Waals surface area (Å²) in [6.45, 7) is 1.19. The third-order valence-electron chi connectivity index (χ3n) is 3.21. The highest BCUT2D eigenvalue weighted by Gasteiger charge is 2.16. The molecule has 108 valence electrons. The van der Waals surface area contributed by atoms with Gasteiger partial charge in [0.05, 0.1) is 12.8 Å². The lowest BCUT2D eigenvalue weighted by atomic mass is 10.0. The molecule has 2 heterocycles. The number of pyridine rings is 1. The molecule has 21 heavy (non-hydrogen) atoms. The van der Waals surface area contributed by atoms with Crippen molar-refractivity contribution in [1.82, 2.24) is 4.98 Å². The number of carbonyl (C=O) groups is 1. The Hall–Kier alpha value is -2.63. The number of nitrogens with one attached hydrogen (secondary N) is 1. The molecular formula is C15H13FN2O3. The number of rotatable bonds is 2. The molecule has 1 aromatic heterocycles. The first kappa shape index (κ1) is 13.4. The highest BCUT2D eigenvalue weighted by Crippen LogP contribution is 2.34. The number of hydrogen-bond acceptors (Lipinski definition) is 5. The molecule has 1 aliphatic heterocycles. The van der Waals surface area contributed by atoms with Crippen LogP contribution in [-0.4, -0.2) is 31.2 Å². The van der Waals surface area contributed by atoms with Crippen molar-refractivity contribution in [2.75, 3.05) is 25.6 Å². The monoisotopic (exact) mass is 288 g/mol. The molecule has 0 aliphatic carbocycles. The van der Waals surface area contributed by atoms with Crippen molar-refractivity contribution in [3.63, 3.8) is 0 Å². The largest absolute Gasteiger partial charge is 0.490 e. The lowest BCUT2D eigenvalue weighted by Crippen LogP contribution is -2.18. The number of fused-ring (bicyclic) bond motifs is 1. The minimum Gasteiger partial charge on any atom is -0.490 e. The van der Waals surface area contributed by atoms with Gasteiger partial charge < -0.3 is 14.8 Å². The van der Waals surface area contributed by atoms with Gasteiger partial charge in [0.25, 0.3) is 0 Å². The molecule has 1 N–H and O–H groups in total. The fourth-order valence-corrected chi connectivity index (χ4v) is 2.16. The summed E-state index contributed by atoms with van der Waals surface area (Å²) in [7, 11) is 1.28. The molecule has 0 saturated carbocycles. The van der Waals surface area contributed by atoms with Gasteiger partial charge in [0.2, 0.25) is 0 Å². The van der Waals surface area contributed by atoms with Crippen molar-refractivity contribution in [2.24, 2.45) is 0 Å². The van der Waals surface area contributed by atoms with Crippen LogP contribution in [-0.2, 0) is 4.74 Å². The second-order valence-corrected chi connectivity index (χ2v) is 4.53. The molecule has 0 radical (unpaired) electrons. The van der Waals surface area contributed by atoms with Crippen LogP contribution in [0.2, 0.25) is 0 Å². The maximum Gasteiger partial charge on any atom is 0.356 e. The van der Waals surface area contributed by atoms with Gasteiger partial charge in [0.15, 0.2) is 0 Å². The Morgan fingerprint density at radius 2 is 2.29 bits per heavy atom. The average Bonchev–Trinajstić information content (AvgIpc) is 2.53. The van der Waals surface area contributed by atoms with Crippen molar-refractivity contribution >= 4 is 11.7 Å². The van der Waals surface area contributed by atoms with Crippen molar-refractivity contribution in [3.8, 4) is 16.9 Å². The van der Waals surface area contributed by atoms with E-state index in [-0.39, 0.29) is 11.5 Å². The Morgan fingerprint density at radius 1 is 1.43 bits per heavy atom. The highest BCUT2D eigenvalue weighted by atomic mass is 19.1. The van der Waals surface area contributed by atoms with Gasteiger partial charge in [-0.3, -0.25) is 0 Å². The topological polar surface area (TPSA) is 60.5 Å². The zero-order chi connectivity index (χ0) is 14.8. The number of ether oxygens (including phenoxy) is 2. The first-order valence-corrected chi connectivity index (χ1v) is 6.44. The fraction of sp³-hybridized carbons (Fsp3) is 0.200. The Bertz CT molecular complexity index is 686. The van der Waals surface area contributed by atoms with E-state index in [0.717, 1.165) is 0 Å². The summed E-state index contributed by atoms with van der Waals surface area (Å²) in [6.07, 6.45) is 1.44. The maximum atomic E-state index is 14.2. The standard InChI is InChI=1S/C15H13FN2O3/c1-20-15(19)12-3-2-9(8-18-12)10-6-14-13(7-11(10)16)17-4-5-21-14/h2-3,6-8,17H,4-5H2,1H3. The first-order valence-electron chi connectivity index (χ1n) is 6.44. The number of nitrogens with zero attached hydrogens (tertiary/aromatic N) is 1. The minimum absolute atomic E-state index is 0.178. The molecule has 1 aromatic carbocycles. The number of methoxy groups -OCH3 is 1. The van der Waals surface area contributed by atoms with Crippen LogP contribution in [0.4, 0.5) is 10.1 Å². The zero-order valence-corrected chi connectivity index (χ0v) is 11.4. The van der Waals surface area contributed by atoms with Crippen LogP contribution >= 0.6 is 0 Å². The number of aromatic nitrogens is 1. The van der Waals surface area contributed by atoms with Crippen LogP contribution < -0.4 is 10.1 Å². The molecule has 1 aliphatic rings. The summed E-state index contributed by atoms with van der Waals surface area (Å²) >= 11 is 0. The molecular weight excluding hydrogens is 275 g/mol. The van der Waals surface area contributed by atoms with E-state index >= 15 is 0 Å². The number of hydrogen-bond donors (Lipinski definition) is 1. The highest BCUT2D eigenvalue weighted by molar-refractivity contribution is 5.87. The van der Waals surface area contributed by atoms with E-state index in [2.05, 4.69) is 15.0 Å². The smallest absolute Gasteiger partial charge is 0.356 e. The quantitative estimate of drug-likeness (QED) is 0.860. The summed E-state index contributed by atoms with van der Waals surface area (Å²) in [5.41, 5.74) is 1.76. The number of carbonyl (C=O) groups excluding carboxylic acids is 1. The van der Waals surface area contributed by atoms with E-state index in [4.69, 9.17) is 4.74 Å². The summed E-state index contributed by atoms with van der Waals surface area (Å²) in [5.74, 6) is -0.297. The normalized spacial score (nSPS) is 12.9. The minimum atomic E-state index is -0.528. The van der Waals surface area contributed by atoms with Crippen LogP contribution in [0.5, 0.6) is 5.75 Å². The maximum absolute atomic E-state index is 14.2. The van der Waals surface area contributed by atoms with Gasteiger partial charge in [0.1, 0.15) is 23.9 Å². The van der Waals surface area contributed by atoms with Crippen molar-refractivity contribution in [2.45, 2.75) is 0 Å². The van der Waals surface area contributed by atoms with E-state index in [1.54, 1.807) is 12.1 Å². The van der Waals surface area contributed by atoms with Crippen LogP contribution in [0, 0.1) is 5.82 Å². The van der Waals surface area contributed by atoms with E-state index in [1.165, 1.54) is 25.4 Å². The van der Waals surface area contributed by atoms with Crippen LogP contribution in [0.3, 0.4) is 0 Å². The first-order chi connectivity index (χ1) is 10.2. The van der Waals surface area contributed by atoms with Crippen molar-refractivity contribution < 1.29 is 18.7 Å². The van der Waals surface area contributed by atoms with Gasteiger partial charge in [-0.25, -0.2) is 14.2 Å². The molecule has 3 rings (SSSR count). The Labute approximate surface area is 120 Å². The fourth-order valence-electron chi connectivity index (χ4n) is 2.16. The molecule has 0 saturated heterocycles. The summed E-state index contributed by atoms with van der Waals surface area (Å²) < 4.78 is 24.2. The molecule has 0 bridgehead atoms. The van der Waals surface area contributed by atoms with Crippen molar-refractivity contribution in [3.05, 3.63) is 42.0 Å². The zero-order valence-electron chi connectivity index (χ0n) is 11.4. The predicted octanol–water partition coefficient (Wildman–Crippen LogP) is 2.48. The summed E-state index contributed by atoms with van der Waals surface area (Å²) in [5, 5.41) is 3.07. The van der Waals surface area contributed by atoms with Gasteiger partial charge in [-0.2, -0.15) is 0 Å². The molecule has 0 unspecified atom stereocenters.